The quantitative estimate of drug-likeness (QED) is 0.803. The largest absolute Gasteiger partial charge is 0.484 e. The van der Waals surface area contributed by atoms with Crippen LogP contribution < -0.4 is 4.74 Å². The molecule has 0 aliphatic heterocycles. The third kappa shape index (κ3) is 3.55. The third-order valence-electron chi connectivity index (χ3n) is 2.20. The fourth-order valence-electron chi connectivity index (χ4n) is 1.37. The Bertz CT molecular complexity index is 574. The van der Waals surface area contributed by atoms with Gasteiger partial charge in [-0.15, -0.1) is 0 Å². The average Bonchev–Trinajstić information content (AvgIpc) is 2.36. The summed E-state index contributed by atoms with van der Waals surface area (Å²) in [6.07, 6.45) is 3.20. The lowest BCUT2D eigenvalue weighted by Gasteiger charge is -2.05. The van der Waals surface area contributed by atoms with Gasteiger partial charge in [-0.3, -0.25) is 9.78 Å². The smallest absolute Gasteiger partial charge is 0.200 e. The zero-order valence-corrected chi connectivity index (χ0v) is 11.6. The number of ketones is 1. The second-order valence-corrected chi connectivity index (χ2v) is 4.91. The molecule has 92 valence electrons. The Morgan fingerprint density at radius 1 is 1.33 bits per heavy atom. The van der Waals surface area contributed by atoms with Gasteiger partial charge in [0.1, 0.15) is 5.75 Å². The van der Waals surface area contributed by atoms with Crippen molar-refractivity contribution in [1.29, 1.82) is 0 Å². The molecule has 0 N–H and O–H groups in total. The van der Waals surface area contributed by atoms with Gasteiger partial charge in [0, 0.05) is 21.3 Å². The molecule has 0 atom stereocenters. The number of Topliss-reactive ketones (excluding diaryl/α,β-unsaturated/α-hetero) is 1. The monoisotopic (exact) mass is 325 g/mol. The van der Waals surface area contributed by atoms with Crippen LogP contribution in [0.2, 0.25) is 5.02 Å². The van der Waals surface area contributed by atoms with Gasteiger partial charge in [-0.2, -0.15) is 0 Å². The second kappa shape index (κ2) is 5.98. The normalized spacial score (nSPS) is 10.1. The summed E-state index contributed by atoms with van der Waals surface area (Å²) in [6.45, 7) is -0.0432. The van der Waals surface area contributed by atoms with Crippen LogP contribution in [0, 0.1) is 0 Å². The van der Waals surface area contributed by atoms with E-state index < -0.39 is 0 Å². The Kier molecular flexibility index (Phi) is 4.33. The molecule has 1 aromatic heterocycles. The summed E-state index contributed by atoms with van der Waals surface area (Å²) in [5, 5.41) is 0.532. The molecule has 0 bridgehead atoms. The van der Waals surface area contributed by atoms with Crippen LogP contribution in [0.1, 0.15) is 10.4 Å². The van der Waals surface area contributed by atoms with Crippen molar-refractivity contribution in [2.45, 2.75) is 0 Å². The molecule has 1 heterocycles. The van der Waals surface area contributed by atoms with Crippen molar-refractivity contribution in [3.63, 3.8) is 0 Å². The summed E-state index contributed by atoms with van der Waals surface area (Å²) >= 11 is 9.10. The molecule has 18 heavy (non-hydrogen) atoms. The van der Waals surface area contributed by atoms with E-state index in [1.807, 2.05) is 0 Å². The van der Waals surface area contributed by atoms with Crippen LogP contribution in [0.5, 0.6) is 5.75 Å². The van der Waals surface area contributed by atoms with Crippen molar-refractivity contribution in [3.8, 4) is 5.75 Å². The van der Waals surface area contributed by atoms with Crippen molar-refractivity contribution in [3.05, 3.63) is 57.8 Å². The van der Waals surface area contributed by atoms with Gasteiger partial charge in [-0.05, 0) is 34.1 Å². The lowest BCUT2D eigenvalue weighted by atomic mass is 10.1. The number of benzene rings is 1. The Balaban J connectivity index is 2.00. The Labute approximate surface area is 118 Å². The maximum absolute atomic E-state index is 11.8. The molecule has 0 saturated carbocycles. The number of hydrogen-bond donors (Lipinski definition) is 0. The highest BCUT2D eigenvalue weighted by Gasteiger charge is 2.07. The Morgan fingerprint density at radius 3 is 2.89 bits per heavy atom. The fourth-order valence-corrected chi connectivity index (χ4v) is 1.90. The Morgan fingerprint density at radius 2 is 2.17 bits per heavy atom. The molecule has 0 saturated heterocycles. The molecular formula is C13H9BrClNO2. The summed E-state index contributed by atoms with van der Waals surface area (Å²) < 4.78 is 6.16. The first-order valence-electron chi connectivity index (χ1n) is 5.17. The number of rotatable bonds is 4. The highest BCUT2D eigenvalue weighted by molar-refractivity contribution is 9.10. The van der Waals surface area contributed by atoms with E-state index in [1.165, 1.54) is 0 Å². The van der Waals surface area contributed by atoms with E-state index in [1.54, 1.807) is 42.7 Å². The van der Waals surface area contributed by atoms with E-state index >= 15 is 0 Å². The summed E-state index contributed by atoms with van der Waals surface area (Å²) in [5.74, 6) is 0.414. The van der Waals surface area contributed by atoms with E-state index in [4.69, 9.17) is 16.3 Å². The molecule has 0 amide bonds. The third-order valence-corrected chi connectivity index (χ3v) is 2.87. The number of ether oxygens (including phenoxy) is 1. The number of nitrogens with zero attached hydrogens (tertiary/aromatic N) is 1. The first-order chi connectivity index (χ1) is 8.65. The van der Waals surface area contributed by atoms with Gasteiger partial charge in [0.2, 0.25) is 0 Å². The fraction of sp³-hybridized carbons (Fsp3) is 0.0769. The molecule has 2 rings (SSSR count). The number of pyridine rings is 1. The standard InChI is InChI=1S/C13H9BrClNO2/c14-10-5-12(7-16-6-10)18-8-13(17)9-2-1-3-11(15)4-9/h1-7H,8H2. The van der Waals surface area contributed by atoms with Crippen LogP contribution >= 0.6 is 27.5 Å². The molecule has 0 unspecified atom stereocenters. The van der Waals surface area contributed by atoms with Gasteiger partial charge in [0.25, 0.3) is 0 Å². The molecular weight excluding hydrogens is 318 g/mol. The van der Waals surface area contributed by atoms with Crippen LogP contribution in [0.25, 0.3) is 0 Å². The van der Waals surface area contributed by atoms with Crippen LogP contribution in [0.3, 0.4) is 0 Å². The highest BCUT2D eigenvalue weighted by Crippen LogP contribution is 2.16. The molecule has 0 aliphatic rings. The van der Waals surface area contributed by atoms with E-state index in [9.17, 15) is 4.79 Å². The van der Waals surface area contributed by atoms with Gasteiger partial charge in [0.15, 0.2) is 12.4 Å². The van der Waals surface area contributed by atoms with Crippen molar-refractivity contribution in [1.82, 2.24) is 4.98 Å². The highest BCUT2D eigenvalue weighted by atomic mass is 79.9. The topological polar surface area (TPSA) is 39.2 Å². The maximum atomic E-state index is 11.8. The molecule has 0 spiro atoms. The van der Waals surface area contributed by atoms with Gasteiger partial charge < -0.3 is 4.74 Å². The van der Waals surface area contributed by atoms with Gasteiger partial charge in [-0.25, -0.2) is 0 Å². The minimum Gasteiger partial charge on any atom is -0.484 e. The molecule has 0 radical (unpaired) electrons. The number of carbonyl (C=O) groups is 1. The predicted molar refractivity (Wildman–Crippen MR) is 73.2 cm³/mol. The first-order valence-corrected chi connectivity index (χ1v) is 6.34. The molecule has 3 nitrogen and oxygen atoms in total. The van der Waals surface area contributed by atoms with E-state index in [-0.39, 0.29) is 12.4 Å². The molecule has 2 aromatic rings. The predicted octanol–water partition coefficient (Wildman–Crippen LogP) is 3.76. The molecule has 5 heteroatoms. The molecule has 0 fully saturated rings. The summed E-state index contributed by atoms with van der Waals surface area (Å²) in [4.78, 5) is 15.8. The number of halogens is 2. The molecule has 0 aliphatic carbocycles. The maximum Gasteiger partial charge on any atom is 0.200 e. The van der Waals surface area contributed by atoms with Crippen molar-refractivity contribution < 1.29 is 9.53 Å². The average molecular weight is 327 g/mol. The van der Waals surface area contributed by atoms with Crippen LogP contribution in [-0.2, 0) is 0 Å². The summed E-state index contributed by atoms with van der Waals surface area (Å²) in [7, 11) is 0. The lowest BCUT2D eigenvalue weighted by molar-refractivity contribution is 0.0921. The molecule has 1 aromatic carbocycles. The zero-order valence-electron chi connectivity index (χ0n) is 9.27. The summed E-state index contributed by atoms with van der Waals surface area (Å²) in [5.41, 5.74) is 0.533. The van der Waals surface area contributed by atoms with Crippen LogP contribution in [-0.4, -0.2) is 17.4 Å². The van der Waals surface area contributed by atoms with Crippen LogP contribution in [0.15, 0.2) is 47.2 Å². The zero-order chi connectivity index (χ0) is 13.0. The van der Waals surface area contributed by atoms with Crippen molar-refractivity contribution in [2.75, 3.05) is 6.61 Å². The van der Waals surface area contributed by atoms with Crippen molar-refractivity contribution >= 4 is 33.3 Å². The lowest BCUT2D eigenvalue weighted by Crippen LogP contribution is -2.11. The van der Waals surface area contributed by atoms with Gasteiger partial charge in [-0.1, -0.05) is 23.7 Å². The Hall–Kier alpha value is -1.39. The van der Waals surface area contributed by atoms with E-state index in [0.717, 1.165) is 4.47 Å². The van der Waals surface area contributed by atoms with Crippen LogP contribution in [0.4, 0.5) is 0 Å². The van der Waals surface area contributed by atoms with Gasteiger partial charge >= 0.3 is 0 Å². The second-order valence-electron chi connectivity index (χ2n) is 3.56. The van der Waals surface area contributed by atoms with Gasteiger partial charge in [0.05, 0.1) is 6.20 Å². The number of carbonyl (C=O) groups excluding carboxylic acids is 1. The summed E-state index contributed by atoms with van der Waals surface area (Å²) in [6, 6.07) is 8.52. The minimum absolute atomic E-state index is 0.0432. The number of aromatic nitrogens is 1. The van der Waals surface area contributed by atoms with Crippen molar-refractivity contribution in [2.24, 2.45) is 0 Å². The van der Waals surface area contributed by atoms with E-state index in [2.05, 4.69) is 20.9 Å². The SMILES string of the molecule is O=C(COc1cncc(Br)c1)c1cccc(Cl)c1. The van der Waals surface area contributed by atoms with E-state index in [0.29, 0.717) is 16.3 Å². The number of hydrogen-bond acceptors (Lipinski definition) is 3. The minimum atomic E-state index is -0.127. The first kappa shape index (κ1) is 13.1.